The van der Waals surface area contributed by atoms with E-state index in [-0.39, 0.29) is 0 Å². The molecule has 0 amide bonds. The zero-order valence-electron chi connectivity index (χ0n) is 17.0. The van der Waals surface area contributed by atoms with Crippen molar-refractivity contribution in [1.82, 2.24) is 9.97 Å². The van der Waals surface area contributed by atoms with E-state index in [1.807, 2.05) is 54.6 Å². The Hall–Kier alpha value is -3.95. The molecule has 0 aliphatic carbocycles. The molecule has 6 aromatic rings. The summed E-state index contributed by atoms with van der Waals surface area (Å²) in [5.41, 5.74) is 6.80. The zero-order chi connectivity index (χ0) is 21.5. The maximum Gasteiger partial charge on any atom is 0.161 e. The van der Waals surface area contributed by atoms with Crippen LogP contribution >= 0.6 is 11.6 Å². The first-order valence-corrected chi connectivity index (χ1v) is 10.7. The molecule has 0 fully saturated rings. The van der Waals surface area contributed by atoms with Crippen LogP contribution in [0.3, 0.4) is 0 Å². The number of fused-ring (bicyclic) bond motifs is 3. The first-order chi connectivity index (χ1) is 15.7. The maximum atomic E-state index is 6.31. The second-order valence-corrected chi connectivity index (χ2v) is 8.04. The number of aromatic nitrogens is 2. The molecule has 0 atom stereocenters. The van der Waals surface area contributed by atoms with E-state index in [2.05, 4.69) is 47.4 Å². The van der Waals surface area contributed by atoms with E-state index < -0.39 is 0 Å². The van der Waals surface area contributed by atoms with E-state index in [9.17, 15) is 0 Å². The van der Waals surface area contributed by atoms with Gasteiger partial charge in [0.2, 0.25) is 0 Å². The van der Waals surface area contributed by atoms with Gasteiger partial charge < -0.3 is 4.42 Å². The lowest BCUT2D eigenvalue weighted by atomic mass is 10.0. The number of halogens is 1. The summed E-state index contributed by atoms with van der Waals surface area (Å²) in [7, 11) is 0. The minimum Gasteiger partial charge on any atom is -0.456 e. The lowest BCUT2D eigenvalue weighted by molar-refractivity contribution is 0.669. The molecule has 2 heterocycles. The standard InChI is InChI=1S/C28H17ClN2O/c29-27-17-24(30-28(31-27)20-6-2-1-3-7-20)19-12-10-18(11-13-19)21-14-15-26-23(16-21)22-8-4-5-9-25(22)32-26/h1-17H. The third-order valence-electron chi connectivity index (χ3n) is 5.62. The van der Waals surface area contributed by atoms with Crippen LogP contribution in [0.1, 0.15) is 0 Å². The number of nitrogens with zero attached hydrogens (tertiary/aromatic N) is 2. The summed E-state index contributed by atoms with van der Waals surface area (Å²) >= 11 is 6.31. The zero-order valence-corrected chi connectivity index (χ0v) is 17.8. The first-order valence-electron chi connectivity index (χ1n) is 10.4. The minimum atomic E-state index is 0.426. The summed E-state index contributed by atoms with van der Waals surface area (Å²) in [6, 6.07) is 34.5. The molecule has 0 N–H and O–H groups in total. The van der Waals surface area contributed by atoms with Crippen LogP contribution in [0.2, 0.25) is 5.15 Å². The van der Waals surface area contributed by atoms with Crippen LogP contribution in [0, 0.1) is 0 Å². The van der Waals surface area contributed by atoms with Crippen molar-refractivity contribution in [3.8, 4) is 33.8 Å². The van der Waals surface area contributed by atoms with Gasteiger partial charge in [0.1, 0.15) is 16.3 Å². The summed E-state index contributed by atoms with van der Waals surface area (Å²) in [5.74, 6) is 0.620. The molecule has 4 heteroatoms. The van der Waals surface area contributed by atoms with Crippen LogP contribution in [0.5, 0.6) is 0 Å². The molecular formula is C28H17ClN2O. The van der Waals surface area contributed by atoms with Crippen LogP contribution < -0.4 is 0 Å². The molecular weight excluding hydrogens is 416 g/mol. The van der Waals surface area contributed by atoms with Crippen LogP contribution in [0.15, 0.2) is 108 Å². The molecule has 0 saturated carbocycles. The molecule has 0 unspecified atom stereocenters. The maximum absolute atomic E-state index is 6.31. The van der Waals surface area contributed by atoms with Crippen molar-refractivity contribution < 1.29 is 4.42 Å². The quantitative estimate of drug-likeness (QED) is 0.266. The molecule has 0 aliphatic rings. The van der Waals surface area contributed by atoms with Gasteiger partial charge in [0, 0.05) is 28.0 Å². The molecule has 4 aromatic carbocycles. The van der Waals surface area contributed by atoms with Crippen molar-refractivity contribution in [2.24, 2.45) is 0 Å². The van der Waals surface area contributed by atoms with Gasteiger partial charge in [-0.15, -0.1) is 0 Å². The number of para-hydroxylation sites is 1. The third-order valence-corrected chi connectivity index (χ3v) is 5.81. The minimum absolute atomic E-state index is 0.426. The van der Waals surface area contributed by atoms with Crippen molar-refractivity contribution in [2.75, 3.05) is 0 Å². The van der Waals surface area contributed by atoms with Gasteiger partial charge in [0.25, 0.3) is 0 Å². The van der Waals surface area contributed by atoms with Crippen molar-refractivity contribution in [1.29, 1.82) is 0 Å². The number of benzene rings is 4. The molecule has 0 spiro atoms. The first kappa shape index (κ1) is 18.8. The Morgan fingerprint density at radius 1 is 0.531 bits per heavy atom. The Morgan fingerprint density at radius 3 is 2.06 bits per heavy atom. The van der Waals surface area contributed by atoms with E-state index in [0.717, 1.165) is 49.9 Å². The molecule has 6 rings (SSSR count). The average Bonchev–Trinajstić information content (AvgIpc) is 3.22. The van der Waals surface area contributed by atoms with Crippen molar-refractivity contribution >= 4 is 33.5 Å². The summed E-state index contributed by atoms with van der Waals surface area (Å²) in [6.07, 6.45) is 0. The van der Waals surface area contributed by atoms with Crippen molar-refractivity contribution in [2.45, 2.75) is 0 Å². The number of furan rings is 1. The van der Waals surface area contributed by atoms with Gasteiger partial charge in [0.05, 0.1) is 5.69 Å². The average molecular weight is 433 g/mol. The molecule has 0 saturated heterocycles. The summed E-state index contributed by atoms with van der Waals surface area (Å²) in [5, 5.41) is 2.68. The highest BCUT2D eigenvalue weighted by atomic mass is 35.5. The number of hydrogen-bond acceptors (Lipinski definition) is 3. The fraction of sp³-hybridized carbons (Fsp3) is 0. The van der Waals surface area contributed by atoms with E-state index >= 15 is 0 Å². The van der Waals surface area contributed by atoms with Gasteiger partial charge in [-0.05, 0) is 29.3 Å². The Labute approximate surface area is 190 Å². The third kappa shape index (κ3) is 3.33. The predicted molar refractivity (Wildman–Crippen MR) is 131 cm³/mol. The summed E-state index contributed by atoms with van der Waals surface area (Å²) < 4.78 is 5.95. The van der Waals surface area contributed by atoms with E-state index in [1.165, 1.54) is 0 Å². The van der Waals surface area contributed by atoms with Gasteiger partial charge in [-0.2, -0.15) is 0 Å². The fourth-order valence-corrected chi connectivity index (χ4v) is 4.20. The fourth-order valence-electron chi connectivity index (χ4n) is 4.02. The van der Waals surface area contributed by atoms with Crippen LogP contribution in [-0.4, -0.2) is 9.97 Å². The smallest absolute Gasteiger partial charge is 0.161 e. The molecule has 0 aliphatic heterocycles. The SMILES string of the molecule is Clc1cc(-c2ccc(-c3ccc4oc5ccccc5c4c3)cc2)nc(-c2ccccc2)n1. The molecule has 32 heavy (non-hydrogen) atoms. The topological polar surface area (TPSA) is 38.9 Å². The van der Waals surface area contributed by atoms with E-state index in [1.54, 1.807) is 6.07 Å². The largest absolute Gasteiger partial charge is 0.456 e. The predicted octanol–water partition coefficient (Wildman–Crippen LogP) is 8.03. The Balaban J connectivity index is 1.38. The summed E-state index contributed by atoms with van der Waals surface area (Å²) in [6.45, 7) is 0. The van der Waals surface area contributed by atoms with Gasteiger partial charge in [-0.25, -0.2) is 9.97 Å². The highest BCUT2D eigenvalue weighted by Crippen LogP contribution is 2.33. The lowest BCUT2D eigenvalue weighted by Gasteiger charge is -2.07. The van der Waals surface area contributed by atoms with Gasteiger partial charge in [0.15, 0.2) is 5.82 Å². The number of hydrogen-bond donors (Lipinski definition) is 0. The van der Waals surface area contributed by atoms with Crippen LogP contribution in [0.4, 0.5) is 0 Å². The number of rotatable bonds is 3. The van der Waals surface area contributed by atoms with Crippen molar-refractivity contribution in [3.05, 3.63) is 108 Å². The van der Waals surface area contributed by atoms with Crippen LogP contribution in [0.25, 0.3) is 55.7 Å². The molecule has 3 nitrogen and oxygen atoms in total. The molecule has 152 valence electrons. The van der Waals surface area contributed by atoms with Gasteiger partial charge in [-0.1, -0.05) is 90.5 Å². The second kappa shape index (κ2) is 7.63. The van der Waals surface area contributed by atoms with Crippen LogP contribution in [-0.2, 0) is 0 Å². The van der Waals surface area contributed by atoms with Crippen molar-refractivity contribution in [3.63, 3.8) is 0 Å². The second-order valence-electron chi connectivity index (χ2n) is 7.65. The molecule has 0 radical (unpaired) electrons. The Kier molecular flexibility index (Phi) is 4.48. The Morgan fingerprint density at radius 2 is 1.22 bits per heavy atom. The van der Waals surface area contributed by atoms with E-state index in [0.29, 0.717) is 11.0 Å². The van der Waals surface area contributed by atoms with Gasteiger partial charge in [-0.3, -0.25) is 0 Å². The normalized spacial score (nSPS) is 11.3. The van der Waals surface area contributed by atoms with E-state index in [4.69, 9.17) is 21.0 Å². The highest BCUT2D eigenvalue weighted by molar-refractivity contribution is 6.29. The highest BCUT2D eigenvalue weighted by Gasteiger charge is 2.10. The molecule has 2 aromatic heterocycles. The lowest BCUT2D eigenvalue weighted by Crippen LogP contribution is -1.93. The monoisotopic (exact) mass is 432 g/mol. The molecule has 0 bridgehead atoms. The van der Waals surface area contributed by atoms with Gasteiger partial charge >= 0.3 is 0 Å². The summed E-state index contributed by atoms with van der Waals surface area (Å²) in [4.78, 5) is 9.13. The Bertz CT molecular complexity index is 1570.